The molecule has 0 aliphatic heterocycles. The number of allylic oxidation sites excluding steroid dienone is 1. The van der Waals surface area contributed by atoms with E-state index in [1.807, 2.05) is 43.3 Å². The predicted octanol–water partition coefficient (Wildman–Crippen LogP) is 3.83. The zero-order chi connectivity index (χ0) is 12.4. The summed E-state index contributed by atoms with van der Waals surface area (Å²) in [4.78, 5) is 0. The van der Waals surface area contributed by atoms with Gasteiger partial charge < -0.3 is 0 Å². The minimum atomic E-state index is 0.753. The summed E-state index contributed by atoms with van der Waals surface area (Å²) in [6, 6.07) is 14.1. The highest BCUT2D eigenvalue weighted by Gasteiger charge is 2.05. The second-order valence-corrected chi connectivity index (χ2v) is 5.04. The molecular weight excluding hydrogens is 244 g/mol. The van der Waals surface area contributed by atoms with Crippen molar-refractivity contribution in [3.05, 3.63) is 59.6 Å². The standard InChI is InChI=1S/C15H12ClSi/c1-10(2)11-6-7-14(15(16)9-11)12-4-3-5-13(17)8-12/h3-9H,1H2,2H3. The Morgan fingerprint density at radius 2 is 1.94 bits per heavy atom. The molecule has 2 aromatic carbocycles. The summed E-state index contributed by atoms with van der Waals surface area (Å²) >= 11 is 6.30. The van der Waals surface area contributed by atoms with Gasteiger partial charge in [0.25, 0.3) is 0 Å². The average Bonchev–Trinajstić information content (AvgIpc) is 2.28. The Balaban J connectivity index is 2.50. The zero-order valence-electron chi connectivity index (χ0n) is 9.63. The van der Waals surface area contributed by atoms with E-state index in [4.69, 9.17) is 11.6 Å². The highest BCUT2D eigenvalue weighted by Crippen LogP contribution is 2.29. The normalized spacial score (nSPS) is 10.3. The highest BCUT2D eigenvalue weighted by molar-refractivity contribution is 6.34. The third-order valence-corrected chi connectivity index (χ3v) is 3.26. The van der Waals surface area contributed by atoms with Gasteiger partial charge in [-0.3, -0.25) is 0 Å². The lowest BCUT2D eigenvalue weighted by molar-refractivity contribution is 1.56. The van der Waals surface area contributed by atoms with Gasteiger partial charge in [0.15, 0.2) is 0 Å². The van der Waals surface area contributed by atoms with Crippen LogP contribution < -0.4 is 5.19 Å². The lowest BCUT2D eigenvalue weighted by Crippen LogP contribution is -2.00. The third-order valence-electron chi connectivity index (χ3n) is 2.64. The first-order valence-corrected chi connectivity index (χ1v) is 6.23. The first kappa shape index (κ1) is 12.2. The van der Waals surface area contributed by atoms with Crippen molar-refractivity contribution in [2.45, 2.75) is 6.92 Å². The van der Waals surface area contributed by atoms with Crippen LogP contribution in [0.2, 0.25) is 5.02 Å². The second-order valence-electron chi connectivity index (χ2n) is 4.06. The molecule has 0 amide bonds. The fourth-order valence-electron chi connectivity index (χ4n) is 1.70. The summed E-state index contributed by atoms with van der Waals surface area (Å²) in [7, 11) is 3.52. The van der Waals surface area contributed by atoms with Crippen molar-refractivity contribution in [1.82, 2.24) is 0 Å². The molecule has 17 heavy (non-hydrogen) atoms. The molecule has 2 heteroatoms. The molecule has 0 aliphatic rings. The molecule has 2 rings (SSSR count). The van der Waals surface area contributed by atoms with Crippen molar-refractivity contribution in [1.29, 1.82) is 0 Å². The molecule has 2 aromatic rings. The van der Waals surface area contributed by atoms with E-state index in [-0.39, 0.29) is 0 Å². The molecule has 0 unspecified atom stereocenters. The van der Waals surface area contributed by atoms with Gasteiger partial charge in [0.1, 0.15) is 0 Å². The van der Waals surface area contributed by atoms with Gasteiger partial charge in [0.05, 0.1) is 10.2 Å². The maximum absolute atomic E-state index is 6.30. The van der Waals surface area contributed by atoms with Crippen LogP contribution in [-0.2, 0) is 0 Å². The predicted molar refractivity (Wildman–Crippen MR) is 77.0 cm³/mol. The zero-order valence-corrected chi connectivity index (χ0v) is 11.4. The first-order chi connectivity index (χ1) is 8.08. The van der Waals surface area contributed by atoms with Crippen LogP contribution in [0.4, 0.5) is 0 Å². The maximum atomic E-state index is 6.30. The molecule has 0 heterocycles. The van der Waals surface area contributed by atoms with Crippen LogP contribution in [0.15, 0.2) is 49.0 Å². The van der Waals surface area contributed by atoms with Crippen LogP contribution in [0, 0.1) is 0 Å². The molecular formula is C15H12ClSi. The van der Waals surface area contributed by atoms with Crippen LogP contribution >= 0.6 is 11.6 Å². The van der Waals surface area contributed by atoms with E-state index in [1.165, 1.54) is 0 Å². The van der Waals surface area contributed by atoms with Gasteiger partial charge in [-0.15, -0.1) is 0 Å². The van der Waals surface area contributed by atoms with E-state index in [1.54, 1.807) is 0 Å². The first-order valence-electron chi connectivity index (χ1n) is 5.35. The van der Waals surface area contributed by atoms with Gasteiger partial charge in [-0.2, -0.15) is 0 Å². The van der Waals surface area contributed by atoms with Crippen LogP contribution in [-0.4, -0.2) is 10.2 Å². The molecule has 0 spiro atoms. The number of hydrogen-bond donors (Lipinski definition) is 0. The smallest absolute Gasteiger partial charge is 0.0712 e. The summed E-state index contributed by atoms with van der Waals surface area (Å²) in [6.45, 7) is 5.89. The van der Waals surface area contributed by atoms with Crippen molar-refractivity contribution in [2.24, 2.45) is 0 Å². The van der Waals surface area contributed by atoms with E-state index >= 15 is 0 Å². The van der Waals surface area contributed by atoms with E-state index in [2.05, 4.69) is 22.9 Å². The molecule has 0 aromatic heterocycles. The Labute approximate surface area is 110 Å². The molecule has 0 saturated heterocycles. The van der Waals surface area contributed by atoms with Gasteiger partial charge in [-0.1, -0.05) is 65.3 Å². The highest BCUT2D eigenvalue weighted by atomic mass is 35.5. The Morgan fingerprint density at radius 3 is 2.53 bits per heavy atom. The Hall–Kier alpha value is -1.31. The van der Waals surface area contributed by atoms with Gasteiger partial charge in [-0.05, 0) is 24.1 Å². The van der Waals surface area contributed by atoms with E-state index in [9.17, 15) is 0 Å². The van der Waals surface area contributed by atoms with Gasteiger partial charge in [0, 0.05) is 10.6 Å². The molecule has 3 radical (unpaired) electrons. The van der Waals surface area contributed by atoms with Crippen molar-refractivity contribution < 1.29 is 0 Å². The van der Waals surface area contributed by atoms with Crippen molar-refractivity contribution in [3.63, 3.8) is 0 Å². The monoisotopic (exact) mass is 255 g/mol. The van der Waals surface area contributed by atoms with Crippen molar-refractivity contribution in [3.8, 4) is 11.1 Å². The second kappa shape index (κ2) is 4.90. The largest absolute Gasteiger partial charge is 0.0955 e. The molecule has 0 fully saturated rings. The number of rotatable bonds is 2. The van der Waals surface area contributed by atoms with Crippen molar-refractivity contribution >= 4 is 32.6 Å². The fourth-order valence-corrected chi connectivity index (χ4v) is 2.24. The Morgan fingerprint density at radius 1 is 1.18 bits per heavy atom. The SMILES string of the molecule is C=C(C)c1ccc(-c2cccc([Si])c2)c(Cl)c1. The third kappa shape index (κ3) is 2.68. The quantitative estimate of drug-likeness (QED) is 0.716. The minimum Gasteiger partial charge on any atom is -0.0955 e. The summed E-state index contributed by atoms with van der Waals surface area (Å²) in [5, 5.41) is 1.80. The van der Waals surface area contributed by atoms with Crippen LogP contribution in [0.1, 0.15) is 12.5 Å². The number of halogens is 1. The lowest BCUT2D eigenvalue weighted by atomic mass is 10.0. The Kier molecular flexibility index (Phi) is 3.51. The van der Waals surface area contributed by atoms with Crippen LogP contribution in [0.25, 0.3) is 16.7 Å². The molecule has 83 valence electrons. The summed E-state index contributed by atoms with van der Waals surface area (Å²) < 4.78 is 0. The molecule has 0 N–H and O–H groups in total. The molecule has 0 nitrogen and oxygen atoms in total. The summed E-state index contributed by atoms with van der Waals surface area (Å²) in [6.07, 6.45) is 0. The Bertz CT molecular complexity index is 573. The summed E-state index contributed by atoms with van der Waals surface area (Å²) in [5.74, 6) is 0. The van der Waals surface area contributed by atoms with Gasteiger partial charge in [-0.25, -0.2) is 0 Å². The van der Waals surface area contributed by atoms with Crippen molar-refractivity contribution in [2.75, 3.05) is 0 Å². The number of benzene rings is 2. The number of hydrogen-bond acceptors (Lipinski definition) is 0. The van der Waals surface area contributed by atoms with E-state index in [0.29, 0.717) is 0 Å². The molecule has 0 aliphatic carbocycles. The fraction of sp³-hybridized carbons (Fsp3) is 0.0667. The molecule has 0 atom stereocenters. The van der Waals surface area contributed by atoms with Crippen LogP contribution in [0.5, 0.6) is 0 Å². The summed E-state index contributed by atoms with van der Waals surface area (Å²) in [5.41, 5.74) is 4.24. The lowest BCUT2D eigenvalue weighted by Gasteiger charge is -2.08. The van der Waals surface area contributed by atoms with E-state index in [0.717, 1.165) is 32.5 Å². The minimum absolute atomic E-state index is 0.753. The van der Waals surface area contributed by atoms with Crippen LogP contribution in [0.3, 0.4) is 0 Å². The molecule has 0 saturated carbocycles. The average molecular weight is 256 g/mol. The maximum Gasteiger partial charge on any atom is 0.0712 e. The molecule has 0 bridgehead atoms. The van der Waals surface area contributed by atoms with E-state index < -0.39 is 0 Å². The van der Waals surface area contributed by atoms with Gasteiger partial charge in [0.2, 0.25) is 0 Å². The topological polar surface area (TPSA) is 0 Å². The van der Waals surface area contributed by atoms with Gasteiger partial charge >= 0.3 is 0 Å².